The maximum atomic E-state index is 14.3. The van der Waals surface area contributed by atoms with E-state index in [1.807, 2.05) is 19.1 Å². The molecule has 0 spiro atoms. The average Bonchev–Trinajstić information content (AvgIpc) is 3.07. The van der Waals surface area contributed by atoms with Gasteiger partial charge in [-0.2, -0.15) is 5.10 Å². The van der Waals surface area contributed by atoms with Gasteiger partial charge in [-0.15, -0.1) is 0 Å². The van der Waals surface area contributed by atoms with Crippen molar-refractivity contribution >= 4 is 0 Å². The normalized spacial score (nSPS) is 13.7. The summed E-state index contributed by atoms with van der Waals surface area (Å²) in [5.41, 5.74) is 1.50. The Morgan fingerprint density at radius 3 is 2.52 bits per heavy atom. The SMILES string of the molecule is C[C@H](c1ccncc1)[C@@H](Cn1cncn1)c1ccc(F)cc1F. The molecule has 0 saturated carbocycles. The van der Waals surface area contributed by atoms with Gasteiger partial charge in [-0.05, 0) is 35.2 Å². The fraction of sp³-hybridized carbons (Fsp3) is 0.235. The van der Waals surface area contributed by atoms with Crippen LogP contribution in [0.25, 0.3) is 0 Å². The zero-order valence-corrected chi connectivity index (χ0v) is 12.6. The monoisotopic (exact) mass is 314 g/mol. The third-order valence-electron chi connectivity index (χ3n) is 4.05. The van der Waals surface area contributed by atoms with Crippen molar-refractivity contribution in [2.24, 2.45) is 0 Å². The van der Waals surface area contributed by atoms with Gasteiger partial charge in [0.05, 0.1) is 6.54 Å². The van der Waals surface area contributed by atoms with Crippen molar-refractivity contribution in [1.82, 2.24) is 19.7 Å². The van der Waals surface area contributed by atoms with Gasteiger partial charge in [-0.25, -0.2) is 13.8 Å². The van der Waals surface area contributed by atoms with Gasteiger partial charge >= 0.3 is 0 Å². The summed E-state index contributed by atoms with van der Waals surface area (Å²) in [5.74, 6) is -1.33. The Balaban J connectivity index is 1.99. The number of benzene rings is 1. The van der Waals surface area contributed by atoms with Gasteiger partial charge in [0.1, 0.15) is 24.3 Å². The van der Waals surface area contributed by atoms with Gasteiger partial charge in [0.15, 0.2) is 0 Å². The molecule has 23 heavy (non-hydrogen) atoms. The number of hydrogen-bond acceptors (Lipinski definition) is 3. The quantitative estimate of drug-likeness (QED) is 0.723. The number of aromatic nitrogens is 4. The molecule has 2 aromatic heterocycles. The summed E-state index contributed by atoms with van der Waals surface area (Å²) in [6, 6.07) is 7.51. The fourth-order valence-electron chi connectivity index (χ4n) is 2.76. The van der Waals surface area contributed by atoms with Crippen molar-refractivity contribution < 1.29 is 8.78 Å². The van der Waals surface area contributed by atoms with E-state index >= 15 is 0 Å². The first-order valence-electron chi connectivity index (χ1n) is 7.32. The van der Waals surface area contributed by atoms with E-state index in [1.54, 1.807) is 23.4 Å². The molecule has 2 atom stereocenters. The van der Waals surface area contributed by atoms with Crippen LogP contribution in [-0.2, 0) is 6.54 Å². The van der Waals surface area contributed by atoms with Crippen molar-refractivity contribution in [3.8, 4) is 0 Å². The van der Waals surface area contributed by atoms with Crippen LogP contribution in [0.15, 0.2) is 55.4 Å². The van der Waals surface area contributed by atoms with Gasteiger partial charge in [-0.1, -0.05) is 13.0 Å². The first-order chi connectivity index (χ1) is 11.1. The van der Waals surface area contributed by atoms with Crippen molar-refractivity contribution in [3.05, 3.63) is 78.1 Å². The molecule has 0 aliphatic heterocycles. The van der Waals surface area contributed by atoms with Crippen LogP contribution in [0, 0.1) is 11.6 Å². The maximum Gasteiger partial charge on any atom is 0.137 e. The fourth-order valence-corrected chi connectivity index (χ4v) is 2.76. The summed E-state index contributed by atoms with van der Waals surface area (Å²) >= 11 is 0. The molecule has 1 aromatic carbocycles. The molecule has 0 unspecified atom stereocenters. The molecule has 0 aliphatic rings. The Kier molecular flexibility index (Phi) is 4.41. The van der Waals surface area contributed by atoms with Crippen LogP contribution in [0.5, 0.6) is 0 Å². The molecule has 0 aliphatic carbocycles. The van der Waals surface area contributed by atoms with Crippen LogP contribution >= 0.6 is 0 Å². The largest absolute Gasteiger partial charge is 0.265 e. The van der Waals surface area contributed by atoms with Gasteiger partial charge in [0.25, 0.3) is 0 Å². The third-order valence-corrected chi connectivity index (χ3v) is 4.05. The lowest BCUT2D eigenvalue weighted by Gasteiger charge is -2.25. The lowest BCUT2D eigenvalue weighted by molar-refractivity contribution is 0.441. The Morgan fingerprint density at radius 1 is 1.09 bits per heavy atom. The second kappa shape index (κ2) is 6.64. The molecule has 0 fully saturated rings. The second-order valence-corrected chi connectivity index (χ2v) is 5.46. The van der Waals surface area contributed by atoms with E-state index in [0.717, 1.165) is 11.6 Å². The molecular weight excluding hydrogens is 298 g/mol. The van der Waals surface area contributed by atoms with Crippen molar-refractivity contribution in [2.45, 2.75) is 25.3 Å². The van der Waals surface area contributed by atoms with E-state index in [9.17, 15) is 8.78 Å². The molecule has 3 aromatic rings. The first kappa shape index (κ1) is 15.3. The second-order valence-electron chi connectivity index (χ2n) is 5.46. The molecule has 0 amide bonds. The van der Waals surface area contributed by atoms with Crippen LogP contribution in [0.1, 0.15) is 29.9 Å². The highest BCUT2D eigenvalue weighted by molar-refractivity contribution is 5.28. The van der Waals surface area contributed by atoms with E-state index in [0.29, 0.717) is 12.1 Å². The van der Waals surface area contributed by atoms with E-state index < -0.39 is 11.6 Å². The number of hydrogen-bond donors (Lipinski definition) is 0. The first-order valence-corrected chi connectivity index (χ1v) is 7.32. The Bertz CT molecular complexity index is 760. The van der Waals surface area contributed by atoms with Gasteiger partial charge < -0.3 is 0 Å². The summed E-state index contributed by atoms with van der Waals surface area (Å²) < 4.78 is 29.2. The lowest BCUT2D eigenvalue weighted by atomic mass is 9.82. The van der Waals surface area contributed by atoms with E-state index in [-0.39, 0.29) is 11.8 Å². The van der Waals surface area contributed by atoms with Crippen molar-refractivity contribution in [2.75, 3.05) is 0 Å². The minimum absolute atomic E-state index is 0.00200. The Hall–Kier alpha value is -2.63. The van der Waals surface area contributed by atoms with Crippen LogP contribution in [-0.4, -0.2) is 19.7 Å². The standard InChI is InChI=1S/C17H16F2N4/c1-12(13-4-6-20-7-5-13)16(9-23-11-21-10-22-23)15-3-2-14(18)8-17(15)19/h2-8,10-12,16H,9H2,1H3/t12-,16-/m1/s1. The van der Waals surface area contributed by atoms with Crippen LogP contribution in [0.3, 0.4) is 0 Å². The van der Waals surface area contributed by atoms with Crippen molar-refractivity contribution in [3.63, 3.8) is 0 Å². The zero-order valence-electron chi connectivity index (χ0n) is 12.6. The third kappa shape index (κ3) is 3.41. The molecule has 0 N–H and O–H groups in total. The lowest BCUT2D eigenvalue weighted by Crippen LogP contribution is -2.17. The number of nitrogens with zero attached hydrogens (tertiary/aromatic N) is 4. The van der Waals surface area contributed by atoms with Crippen LogP contribution in [0.2, 0.25) is 0 Å². The predicted molar refractivity (Wildman–Crippen MR) is 81.8 cm³/mol. The molecule has 3 rings (SSSR count). The highest BCUT2D eigenvalue weighted by Gasteiger charge is 2.25. The highest BCUT2D eigenvalue weighted by Crippen LogP contribution is 2.35. The minimum Gasteiger partial charge on any atom is -0.265 e. The number of halogens is 2. The Labute approximate surface area is 132 Å². The summed E-state index contributed by atoms with van der Waals surface area (Å²) in [5, 5.41) is 4.10. The highest BCUT2D eigenvalue weighted by atomic mass is 19.1. The summed E-state index contributed by atoms with van der Waals surface area (Å²) in [6.45, 7) is 2.46. The topological polar surface area (TPSA) is 43.6 Å². The predicted octanol–water partition coefficient (Wildman–Crippen LogP) is 3.54. The van der Waals surface area contributed by atoms with E-state index in [1.165, 1.54) is 18.5 Å². The Morgan fingerprint density at radius 2 is 1.87 bits per heavy atom. The summed E-state index contributed by atoms with van der Waals surface area (Å²) in [4.78, 5) is 7.94. The van der Waals surface area contributed by atoms with E-state index in [4.69, 9.17) is 0 Å². The van der Waals surface area contributed by atoms with E-state index in [2.05, 4.69) is 15.1 Å². The average molecular weight is 314 g/mol. The molecular formula is C17H16F2N4. The van der Waals surface area contributed by atoms with Gasteiger partial charge in [0, 0.05) is 24.4 Å². The molecule has 0 radical (unpaired) electrons. The number of pyridine rings is 1. The zero-order chi connectivity index (χ0) is 16.2. The summed E-state index contributed by atoms with van der Waals surface area (Å²) in [7, 11) is 0. The molecule has 4 nitrogen and oxygen atoms in total. The molecule has 0 bridgehead atoms. The van der Waals surface area contributed by atoms with Gasteiger partial charge in [-0.3, -0.25) is 9.67 Å². The summed E-state index contributed by atoms with van der Waals surface area (Å²) in [6.07, 6.45) is 6.45. The van der Waals surface area contributed by atoms with Crippen molar-refractivity contribution in [1.29, 1.82) is 0 Å². The molecule has 118 valence electrons. The minimum atomic E-state index is -0.581. The smallest absolute Gasteiger partial charge is 0.137 e. The molecule has 2 heterocycles. The maximum absolute atomic E-state index is 14.3. The molecule has 0 saturated heterocycles. The molecule has 6 heteroatoms. The van der Waals surface area contributed by atoms with Crippen LogP contribution < -0.4 is 0 Å². The number of rotatable bonds is 5. The van der Waals surface area contributed by atoms with Crippen LogP contribution in [0.4, 0.5) is 8.78 Å². The van der Waals surface area contributed by atoms with Gasteiger partial charge in [0.2, 0.25) is 0 Å².